The van der Waals surface area contributed by atoms with E-state index in [0.717, 1.165) is 10.2 Å². The van der Waals surface area contributed by atoms with E-state index >= 15 is 0 Å². The van der Waals surface area contributed by atoms with Crippen molar-refractivity contribution < 1.29 is 0 Å². The fraction of sp³-hybridized carbons (Fsp3) is 0. The molecule has 0 amide bonds. The Morgan fingerprint density at radius 3 is 2.79 bits per heavy atom. The quantitative estimate of drug-likeness (QED) is 0.867. The summed E-state index contributed by atoms with van der Waals surface area (Å²) in [6, 6.07) is 5.45. The van der Waals surface area contributed by atoms with Crippen molar-refractivity contribution in [2.45, 2.75) is 0 Å². The van der Waals surface area contributed by atoms with E-state index in [9.17, 15) is 0 Å². The molecule has 2 N–H and O–H groups in total. The summed E-state index contributed by atoms with van der Waals surface area (Å²) >= 11 is 9.18. The van der Waals surface area contributed by atoms with Crippen LogP contribution in [0.3, 0.4) is 0 Å². The number of anilines is 1. The molecule has 72 valence electrons. The highest BCUT2D eigenvalue weighted by Crippen LogP contribution is 2.24. The molecule has 0 atom stereocenters. The summed E-state index contributed by atoms with van der Waals surface area (Å²) in [7, 11) is 0. The molecule has 0 saturated carbocycles. The van der Waals surface area contributed by atoms with Crippen molar-refractivity contribution in [2.75, 3.05) is 5.73 Å². The molecule has 0 unspecified atom stereocenters. The third kappa shape index (κ3) is 1.73. The molecule has 0 bridgehead atoms. The van der Waals surface area contributed by atoms with Gasteiger partial charge in [0, 0.05) is 4.47 Å². The van der Waals surface area contributed by atoms with Gasteiger partial charge in [0.05, 0.1) is 16.9 Å². The second-order valence-electron chi connectivity index (χ2n) is 2.69. The van der Waals surface area contributed by atoms with Crippen LogP contribution >= 0.6 is 27.5 Å². The summed E-state index contributed by atoms with van der Waals surface area (Å²) in [5.74, 6) is 0.385. The minimum absolute atomic E-state index is 0.385. The zero-order chi connectivity index (χ0) is 10.1. The molecule has 1 heterocycles. The van der Waals surface area contributed by atoms with E-state index in [1.54, 1.807) is 16.9 Å². The normalized spacial score (nSPS) is 10.4. The molecule has 0 saturated heterocycles. The second-order valence-corrected chi connectivity index (χ2v) is 3.95. The lowest BCUT2D eigenvalue weighted by atomic mass is 10.3. The molecule has 2 rings (SSSR count). The molecule has 14 heavy (non-hydrogen) atoms. The fourth-order valence-electron chi connectivity index (χ4n) is 1.03. The highest BCUT2D eigenvalue weighted by Gasteiger charge is 2.02. The molecular formula is C8H6BrClN4. The topological polar surface area (TPSA) is 56.7 Å². The summed E-state index contributed by atoms with van der Waals surface area (Å²) in [5.41, 5.74) is 6.30. The Balaban J connectivity index is 2.47. The van der Waals surface area contributed by atoms with E-state index in [1.807, 2.05) is 12.1 Å². The average molecular weight is 274 g/mol. The van der Waals surface area contributed by atoms with Crippen LogP contribution in [0.2, 0.25) is 5.02 Å². The molecule has 0 aliphatic rings. The van der Waals surface area contributed by atoms with Crippen LogP contribution in [0.1, 0.15) is 0 Å². The number of rotatable bonds is 1. The third-order valence-corrected chi connectivity index (χ3v) is 2.89. The zero-order valence-corrected chi connectivity index (χ0v) is 9.33. The molecule has 6 heteroatoms. The van der Waals surface area contributed by atoms with Gasteiger partial charge in [0.1, 0.15) is 0 Å². The first kappa shape index (κ1) is 9.48. The van der Waals surface area contributed by atoms with Gasteiger partial charge in [-0.2, -0.15) is 0 Å². The van der Waals surface area contributed by atoms with Gasteiger partial charge in [-0.1, -0.05) is 16.8 Å². The lowest BCUT2D eigenvalue weighted by molar-refractivity contribution is 0.803. The Morgan fingerprint density at radius 1 is 1.43 bits per heavy atom. The molecule has 1 aromatic carbocycles. The van der Waals surface area contributed by atoms with Gasteiger partial charge < -0.3 is 5.73 Å². The summed E-state index contributed by atoms with van der Waals surface area (Å²) in [4.78, 5) is 0. The number of hydrogen-bond acceptors (Lipinski definition) is 3. The number of aromatic nitrogens is 3. The minimum Gasteiger partial charge on any atom is -0.381 e. The Bertz CT molecular complexity index is 468. The van der Waals surface area contributed by atoms with E-state index in [0.29, 0.717) is 10.8 Å². The molecule has 0 aliphatic carbocycles. The van der Waals surface area contributed by atoms with Gasteiger partial charge in [0.25, 0.3) is 0 Å². The maximum absolute atomic E-state index is 5.86. The standard InChI is InChI=1S/C8H6BrClN4/c9-6-3-5(1-2-7(6)10)14-4-8(11)12-13-14/h1-4H,11H2. The molecule has 1 aromatic heterocycles. The summed E-state index contributed by atoms with van der Waals surface area (Å²) in [5, 5.41) is 8.18. The molecule has 0 spiro atoms. The van der Waals surface area contributed by atoms with E-state index in [1.165, 1.54) is 0 Å². The molecule has 0 aliphatic heterocycles. The summed E-state index contributed by atoms with van der Waals surface area (Å²) in [6.07, 6.45) is 1.63. The maximum atomic E-state index is 5.86. The maximum Gasteiger partial charge on any atom is 0.166 e. The van der Waals surface area contributed by atoms with Crippen molar-refractivity contribution in [1.82, 2.24) is 15.0 Å². The van der Waals surface area contributed by atoms with Crippen molar-refractivity contribution >= 4 is 33.3 Å². The van der Waals surface area contributed by atoms with Crippen molar-refractivity contribution in [3.63, 3.8) is 0 Å². The van der Waals surface area contributed by atoms with Crippen molar-refractivity contribution in [3.8, 4) is 5.69 Å². The SMILES string of the molecule is Nc1cn(-c2ccc(Cl)c(Br)c2)nn1. The Morgan fingerprint density at radius 2 is 2.21 bits per heavy atom. The van der Waals surface area contributed by atoms with Crippen LogP contribution in [-0.2, 0) is 0 Å². The number of hydrogen-bond donors (Lipinski definition) is 1. The third-order valence-electron chi connectivity index (χ3n) is 1.68. The van der Waals surface area contributed by atoms with Crippen LogP contribution in [0.25, 0.3) is 5.69 Å². The first-order chi connectivity index (χ1) is 6.66. The van der Waals surface area contributed by atoms with Crippen LogP contribution in [0, 0.1) is 0 Å². The summed E-state index contributed by atoms with van der Waals surface area (Å²) in [6.45, 7) is 0. The van der Waals surface area contributed by atoms with Gasteiger partial charge in [0.15, 0.2) is 5.82 Å². The minimum atomic E-state index is 0.385. The predicted molar refractivity (Wildman–Crippen MR) is 58.5 cm³/mol. The lowest BCUT2D eigenvalue weighted by Gasteiger charge is -2.01. The Kier molecular flexibility index (Phi) is 2.43. The molecule has 4 nitrogen and oxygen atoms in total. The number of nitrogens with zero attached hydrogens (tertiary/aromatic N) is 3. The lowest BCUT2D eigenvalue weighted by Crippen LogP contribution is -1.94. The zero-order valence-electron chi connectivity index (χ0n) is 6.98. The van der Waals surface area contributed by atoms with Crippen LogP contribution in [0.4, 0.5) is 5.82 Å². The van der Waals surface area contributed by atoms with Crippen molar-refractivity contribution in [3.05, 3.63) is 33.9 Å². The van der Waals surface area contributed by atoms with Crippen LogP contribution in [0.5, 0.6) is 0 Å². The number of benzene rings is 1. The summed E-state index contributed by atoms with van der Waals surface area (Å²) < 4.78 is 2.39. The molecule has 2 aromatic rings. The van der Waals surface area contributed by atoms with Gasteiger partial charge in [-0.25, -0.2) is 4.68 Å². The van der Waals surface area contributed by atoms with Gasteiger partial charge in [-0.05, 0) is 34.1 Å². The smallest absolute Gasteiger partial charge is 0.166 e. The van der Waals surface area contributed by atoms with Gasteiger partial charge in [0.2, 0.25) is 0 Å². The van der Waals surface area contributed by atoms with E-state index in [4.69, 9.17) is 17.3 Å². The second kappa shape index (κ2) is 3.59. The van der Waals surface area contributed by atoms with Gasteiger partial charge >= 0.3 is 0 Å². The fourth-order valence-corrected chi connectivity index (χ4v) is 1.51. The monoisotopic (exact) mass is 272 g/mol. The van der Waals surface area contributed by atoms with Crippen molar-refractivity contribution in [2.24, 2.45) is 0 Å². The highest BCUT2D eigenvalue weighted by molar-refractivity contribution is 9.10. The van der Waals surface area contributed by atoms with Crippen LogP contribution < -0.4 is 5.73 Å². The number of nitrogen functional groups attached to an aromatic ring is 1. The van der Waals surface area contributed by atoms with Crippen LogP contribution in [-0.4, -0.2) is 15.0 Å². The van der Waals surface area contributed by atoms with E-state index in [-0.39, 0.29) is 0 Å². The predicted octanol–water partition coefficient (Wildman–Crippen LogP) is 2.27. The van der Waals surface area contributed by atoms with Gasteiger partial charge in [-0.15, -0.1) is 5.10 Å². The molecule has 0 fully saturated rings. The van der Waals surface area contributed by atoms with Gasteiger partial charge in [-0.3, -0.25) is 0 Å². The van der Waals surface area contributed by atoms with Crippen LogP contribution in [0.15, 0.2) is 28.9 Å². The Labute approximate surface area is 93.8 Å². The number of halogens is 2. The Hall–Kier alpha value is -1.07. The largest absolute Gasteiger partial charge is 0.381 e. The molecular weight excluding hydrogens is 267 g/mol. The highest BCUT2D eigenvalue weighted by atomic mass is 79.9. The molecule has 0 radical (unpaired) electrons. The van der Waals surface area contributed by atoms with Crippen molar-refractivity contribution in [1.29, 1.82) is 0 Å². The van der Waals surface area contributed by atoms with E-state index < -0.39 is 0 Å². The van der Waals surface area contributed by atoms with E-state index in [2.05, 4.69) is 26.2 Å². The number of nitrogens with two attached hydrogens (primary N) is 1. The first-order valence-corrected chi connectivity index (χ1v) is 4.97. The first-order valence-electron chi connectivity index (χ1n) is 3.80. The average Bonchev–Trinajstić information content (AvgIpc) is 2.57.